The van der Waals surface area contributed by atoms with Crippen LogP contribution >= 0.6 is 0 Å². The average Bonchev–Trinajstić information content (AvgIpc) is 2.66. The second kappa shape index (κ2) is 9.20. The first-order valence-corrected chi connectivity index (χ1v) is 8.14. The summed E-state index contributed by atoms with van der Waals surface area (Å²) in [5.74, 6) is -0.395. The summed E-state index contributed by atoms with van der Waals surface area (Å²) in [4.78, 5) is 23.5. The molecule has 138 valence electrons. The molecule has 0 heterocycles. The van der Waals surface area contributed by atoms with Gasteiger partial charge in [0.15, 0.2) is 6.61 Å². The van der Waals surface area contributed by atoms with E-state index in [1.54, 1.807) is 24.3 Å². The number of rotatable bonds is 6. The van der Waals surface area contributed by atoms with Crippen molar-refractivity contribution >= 4 is 18.0 Å². The molecule has 0 spiro atoms. The van der Waals surface area contributed by atoms with E-state index in [0.717, 1.165) is 11.1 Å². The first-order chi connectivity index (χ1) is 12.9. The molecule has 6 nitrogen and oxygen atoms in total. The van der Waals surface area contributed by atoms with Gasteiger partial charge in [0.2, 0.25) is 0 Å². The van der Waals surface area contributed by atoms with Crippen LogP contribution in [0, 0.1) is 25.2 Å². The maximum Gasteiger partial charge on any atom is 0.349 e. The lowest BCUT2D eigenvalue weighted by molar-refractivity contribution is -0.137. The van der Waals surface area contributed by atoms with E-state index >= 15 is 0 Å². The minimum absolute atomic E-state index is 0.153. The van der Waals surface area contributed by atoms with Crippen molar-refractivity contribution in [1.29, 1.82) is 5.26 Å². The fourth-order valence-corrected chi connectivity index (χ4v) is 2.24. The summed E-state index contributed by atoms with van der Waals surface area (Å²) in [6.45, 7) is 3.59. The average molecular weight is 365 g/mol. The number of carbonyl (C=O) groups excluding carboxylic acids is 2. The Morgan fingerprint density at radius 1 is 1.15 bits per heavy atom. The second-order valence-electron chi connectivity index (χ2n) is 5.77. The molecule has 0 saturated heterocycles. The summed E-state index contributed by atoms with van der Waals surface area (Å²) in [5, 5.41) is 9.00. The highest BCUT2D eigenvalue weighted by molar-refractivity contribution is 5.97. The lowest BCUT2D eigenvalue weighted by Gasteiger charge is -2.10. The number of nitrogens with zero attached hydrogens (tertiary/aromatic N) is 1. The number of esters is 2. The summed E-state index contributed by atoms with van der Waals surface area (Å²) in [6.07, 6.45) is 1.36. The Morgan fingerprint density at radius 3 is 2.63 bits per heavy atom. The molecule has 0 aliphatic rings. The predicted molar refractivity (Wildman–Crippen MR) is 99.1 cm³/mol. The van der Waals surface area contributed by atoms with Gasteiger partial charge in [0, 0.05) is 0 Å². The fourth-order valence-electron chi connectivity index (χ4n) is 2.24. The first-order valence-electron chi connectivity index (χ1n) is 8.14. The molecule has 0 aromatic heterocycles. The van der Waals surface area contributed by atoms with E-state index in [4.69, 9.17) is 14.7 Å². The van der Waals surface area contributed by atoms with Crippen molar-refractivity contribution in [2.24, 2.45) is 0 Å². The summed E-state index contributed by atoms with van der Waals surface area (Å²) < 4.78 is 15.3. The van der Waals surface area contributed by atoms with Crippen LogP contribution in [0.4, 0.5) is 0 Å². The van der Waals surface area contributed by atoms with Crippen LogP contribution in [-0.4, -0.2) is 25.7 Å². The van der Waals surface area contributed by atoms with Crippen LogP contribution in [-0.2, 0) is 14.3 Å². The Morgan fingerprint density at radius 2 is 1.93 bits per heavy atom. The Balaban J connectivity index is 2.04. The van der Waals surface area contributed by atoms with Gasteiger partial charge in [0.25, 0.3) is 0 Å². The lowest BCUT2D eigenvalue weighted by Crippen LogP contribution is -2.18. The van der Waals surface area contributed by atoms with Crippen LogP contribution in [0.1, 0.15) is 16.7 Å². The number of aryl methyl sites for hydroxylation is 2. The molecule has 0 fully saturated rings. The van der Waals surface area contributed by atoms with Crippen molar-refractivity contribution in [2.45, 2.75) is 13.8 Å². The minimum atomic E-state index is -0.734. The smallest absolute Gasteiger partial charge is 0.349 e. The van der Waals surface area contributed by atoms with E-state index in [-0.39, 0.29) is 17.9 Å². The van der Waals surface area contributed by atoms with Crippen LogP contribution in [0.25, 0.3) is 6.08 Å². The Bertz CT molecular complexity index is 924. The molecule has 0 aliphatic heterocycles. The van der Waals surface area contributed by atoms with Crippen molar-refractivity contribution in [3.05, 3.63) is 64.7 Å². The van der Waals surface area contributed by atoms with Crippen molar-refractivity contribution in [2.75, 3.05) is 13.7 Å². The molecule has 0 radical (unpaired) electrons. The first kappa shape index (κ1) is 19.7. The number of hydrogen-bond donors (Lipinski definition) is 0. The van der Waals surface area contributed by atoms with Crippen LogP contribution in [0.2, 0.25) is 0 Å². The molecular weight excluding hydrogens is 346 g/mol. The lowest BCUT2D eigenvalue weighted by atomic mass is 10.1. The van der Waals surface area contributed by atoms with Gasteiger partial charge in [0.1, 0.15) is 23.1 Å². The Kier molecular flexibility index (Phi) is 6.73. The van der Waals surface area contributed by atoms with E-state index < -0.39 is 11.9 Å². The Hall–Kier alpha value is -3.59. The molecule has 0 N–H and O–H groups in total. The number of ether oxygens (including phenoxy) is 3. The number of carbonyl (C=O) groups is 2. The van der Waals surface area contributed by atoms with Gasteiger partial charge in [-0.2, -0.15) is 5.26 Å². The predicted octanol–water partition coefficient (Wildman–Crippen LogP) is 3.37. The topological polar surface area (TPSA) is 85.6 Å². The molecule has 2 aromatic rings. The van der Waals surface area contributed by atoms with Crippen LogP contribution < -0.4 is 9.47 Å². The van der Waals surface area contributed by atoms with Gasteiger partial charge >= 0.3 is 11.9 Å². The van der Waals surface area contributed by atoms with E-state index in [0.29, 0.717) is 11.3 Å². The molecule has 0 aliphatic carbocycles. The van der Waals surface area contributed by atoms with E-state index in [2.05, 4.69) is 4.74 Å². The highest BCUT2D eigenvalue weighted by Gasteiger charge is 2.10. The zero-order valence-corrected chi connectivity index (χ0v) is 15.3. The van der Waals surface area contributed by atoms with Crippen molar-refractivity contribution < 1.29 is 23.8 Å². The molecule has 2 rings (SSSR count). The SMILES string of the molecule is COC(=O)/C(C#N)=C/c1cccc(OC(=O)COc2cc(C)ccc2C)c1. The summed E-state index contributed by atoms with van der Waals surface area (Å²) in [6, 6.07) is 13.9. The zero-order chi connectivity index (χ0) is 19.8. The van der Waals surface area contributed by atoms with Gasteiger partial charge in [-0.15, -0.1) is 0 Å². The van der Waals surface area contributed by atoms with E-state index in [1.165, 1.54) is 19.3 Å². The summed E-state index contributed by atoms with van der Waals surface area (Å²) >= 11 is 0. The summed E-state index contributed by atoms with van der Waals surface area (Å²) in [7, 11) is 1.20. The largest absolute Gasteiger partial charge is 0.482 e. The van der Waals surface area contributed by atoms with Gasteiger partial charge in [-0.05, 0) is 54.8 Å². The third kappa shape index (κ3) is 5.72. The third-order valence-electron chi connectivity index (χ3n) is 3.62. The molecule has 0 atom stereocenters. The molecular formula is C21H19NO5. The maximum atomic E-state index is 12.0. The highest BCUT2D eigenvalue weighted by Crippen LogP contribution is 2.20. The van der Waals surface area contributed by atoms with Crippen molar-refractivity contribution in [3.8, 4) is 17.6 Å². The van der Waals surface area contributed by atoms with Gasteiger partial charge in [-0.1, -0.05) is 24.3 Å². The van der Waals surface area contributed by atoms with Gasteiger partial charge in [-0.25, -0.2) is 9.59 Å². The second-order valence-corrected chi connectivity index (χ2v) is 5.77. The standard InChI is InChI=1S/C21H19NO5/c1-14-7-8-15(2)19(9-14)26-13-20(23)27-18-6-4-5-16(11-18)10-17(12-22)21(24)25-3/h4-11H,13H2,1-3H3/b17-10+. The number of nitriles is 1. The van der Waals surface area contributed by atoms with Crippen LogP contribution in [0.5, 0.6) is 11.5 Å². The molecule has 27 heavy (non-hydrogen) atoms. The van der Waals surface area contributed by atoms with Gasteiger partial charge in [0.05, 0.1) is 7.11 Å². The number of hydrogen-bond acceptors (Lipinski definition) is 6. The number of methoxy groups -OCH3 is 1. The minimum Gasteiger partial charge on any atom is -0.482 e. The van der Waals surface area contributed by atoms with Crippen molar-refractivity contribution in [1.82, 2.24) is 0 Å². The van der Waals surface area contributed by atoms with Crippen molar-refractivity contribution in [3.63, 3.8) is 0 Å². The molecule has 0 bridgehead atoms. The molecule has 0 unspecified atom stereocenters. The van der Waals surface area contributed by atoms with Gasteiger partial charge < -0.3 is 14.2 Å². The zero-order valence-electron chi connectivity index (χ0n) is 15.3. The third-order valence-corrected chi connectivity index (χ3v) is 3.62. The molecule has 0 saturated carbocycles. The molecule has 6 heteroatoms. The normalized spacial score (nSPS) is 10.7. The maximum absolute atomic E-state index is 12.0. The monoisotopic (exact) mass is 365 g/mol. The van der Waals surface area contributed by atoms with E-state index in [9.17, 15) is 9.59 Å². The van der Waals surface area contributed by atoms with Gasteiger partial charge in [-0.3, -0.25) is 0 Å². The van der Waals surface area contributed by atoms with Crippen LogP contribution in [0.15, 0.2) is 48.0 Å². The fraction of sp³-hybridized carbons (Fsp3) is 0.190. The summed E-state index contributed by atoms with van der Waals surface area (Å²) in [5.41, 5.74) is 2.33. The molecule has 0 amide bonds. The quantitative estimate of drug-likeness (QED) is 0.338. The van der Waals surface area contributed by atoms with Crippen LogP contribution in [0.3, 0.4) is 0 Å². The highest BCUT2D eigenvalue weighted by atomic mass is 16.6. The van der Waals surface area contributed by atoms with E-state index in [1.807, 2.05) is 32.0 Å². The molecule has 2 aromatic carbocycles. The number of benzene rings is 2. The Labute approximate surface area is 157 Å².